The highest BCUT2D eigenvalue weighted by Gasteiger charge is 2.19. The van der Waals surface area contributed by atoms with Crippen molar-refractivity contribution < 1.29 is 22.7 Å². The van der Waals surface area contributed by atoms with Gasteiger partial charge in [0, 0.05) is 11.8 Å². The van der Waals surface area contributed by atoms with Crippen molar-refractivity contribution in [2.45, 2.75) is 31.6 Å². The third kappa shape index (κ3) is 5.17. The highest BCUT2D eigenvalue weighted by molar-refractivity contribution is 7.90. The van der Waals surface area contributed by atoms with Gasteiger partial charge in [0.2, 0.25) is 5.78 Å². The van der Waals surface area contributed by atoms with Gasteiger partial charge in [-0.1, -0.05) is 37.6 Å². The predicted octanol–water partition coefficient (Wildman–Crippen LogP) is 3.91. The number of aryl methyl sites for hydroxylation is 2. The number of halogens is 1. The second-order valence-electron chi connectivity index (χ2n) is 6.11. The normalized spacial score (nSPS) is 11.3. The number of ether oxygens (including phenoxy) is 1. The Labute approximate surface area is 164 Å². The van der Waals surface area contributed by atoms with Gasteiger partial charge < -0.3 is 4.74 Å². The number of rotatable bonds is 7. The quantitative estimate of drug-likeness (QED) is 0.512. The molecule has 0 atom stereocenters. The van der Waals surface area contributed by atoms with Crippen LogP contribution in [0.15, 0.2) is 41.3 Å². The zero-order chi connectivity index (χ0) is 20.2. The van der Waals surface area contributed by atoms with Crippen LogP contribution in [0.3, 0.4) is 0 Å². The number of carbonyl (C=O) groups excluding carboxylic acids is 2. The van der Waals surface area contributed by atoms with Gasteiger partial charge in [-0.2, -0.15) is 0 Å². The molecule has 0 aromatic heterocycles. The Morgan fingerprint density at radius 3 is 2.30 bits per heavy atom. The SMILES string of the molecule is CCc1ccc(CC)c(C(=O)COC(=O)c2cc(S(C)(=O)=O)ccc2Cl)c1. The fraction of sp³-hybridized carbons (Fsp3) is 0.300. The van der Waals surface area contributed by atoms with Crippen molar-refractivity contribution in [3.05, 3.63) is 63.7 Å². The molecular weight excluding hydrogens is 388 g/mol. The van der Waals surface area contributed by atoms with E-state index in [-0.39, 0.29) is 21.3 Å². The first-order valence-electron chi connectivity index (χ1n) is 8.49. The van der Waals surface area contributed by atoms with Crippen LogP contribution in [0.1, 0.15) is 45.7 Å². The Morgan fingerprint density at radius 1 is 1.00 bits per heavy atom. The number of Topliss-reactive ketones (excluding diaryl/α,β-unsaturated/α-hetero) is 1. The number of esters is 1. The zero-order valence-corrected chi connectivity index (χ0v) is 17.0. The van der Waals surface area contributed by atoms with Gasteiger partial charge in [0.25, 0.3) is 0 Å². The maximum atomic E-state index is 12.5. The lowest BCUT2D eigenvalue weighted by Crippen LogP contribution is -2.16. The molecule has 0 unspecified atom stereocenters. The molecule has 0 N–H and O–H groups in total. The van der Waals surface area contributed by atoms with Gasteiger partial charge in [0.1, 0.15) is 0 Å². The van der Waals surface area contributed by atoms with Gasteiger partial charge >= 0.3 is 5.97 Å². The second kappa shape index (κ2) is 8.67. The Balaban J connectivity index is 2.20. The van der Waals surface area contributed by atoms with Crippen LogP contribution in [0.25, 0.3) is 0 Å². The van der Waals surface area contributed by atoms with E-state index in [1.54, 1.807) is 0 Å². The van der Waals surface area contributed by atoms with Gasteiger partial charge in [-0.15, -0.1) is 0 Å². The fourth-order valence-electron chi connectivity index (χ4n) is 2.59. The van der Waals surface area contributed by atoms with E-state index < -0.39 is 22.4 Å². The lowest BCUT2D eigenvalue weighted by Gasteiger charge is -2.11. The van der Waals surface area contributed by atoms with E-state index in [0.29, 0.717) is 12.0 Å². The first kappa shape index (κ1) is 21.1. The van der Waals surface area contributed by atoms with Gasteiger partial charge in [-0.05, 0) is 48.2 Å². The van der Waals surface area contributed by atoms with Gasteiger partial charge in [-0.3, -0.25) is 4.79 Å². The van der Waals surface area contributed by atoms with Crippen molar-refractivity contribution in [3.8, 4) is 0 Å². The van der Waals surface area contributed by atoms with E-state index in [1.165, 1.54) is 12.1 Å². The van der Waals surface area contributed by atoms with Crippen LogP contribution in [-0.4, -0.2) is 33.0 Å². The first-order valence-corrected chi connectivity index (χ1v) is 10.8. The standard InChI is InChI=1S/C20H21ClO5S/c1-4-13-6-7-14(5-2)16(10-13)19(22)12-26-20(23)17-11-15(27(3,24)25)8-9-18(17)21/h6-11H,4-5,12H2,1-3H3. The molecule has 0 heterocycles. The van der Waals surface area contributed by atoms with E-state index in [4.69, 9.17) is 16.3 Å². The van der Waals surface area contributed by atoms with Gasteiger partial charge in [-0.25, -0.2) is 13.2 Å². The summed E-state index contributed by atoms with van der Waals surface area (Å²) in [5, 5.41) is 0.0575. The average Bonchev–Trinajstić information content (AvgIpc) is 2.64. The molecule has 144 valence electrons. The predicted molar refractivity (Wildman–Crippen MR) is 104 cm³/mol. The zero-order valence-electron chi connectivity index (χ0n) is 15.4. The second-order valence-corrected chi connectivity index (χ2v) is 8.53. The van der Waals surface area contributed by atoms with Crippen LogP contribution < -0.4 is 0 Å². The molecule has 0 aliphatic rings. The summed E-state index contributed by atoms with van der Waals surface area (Å²) >= 11 is 5.98. The molecule has 0 saturated heterocycles. The van der Waals surface area contributed by atoms with Crippen molar-refractivity contribution >= 4 is 33.2 Å². The highest BCUT2D eigenvalue weighted by atomic mass is 35.5. The number of carbonyl (C=O) groups is 2. The maximum absolute atomic E-state index is 12.5. The Morgan fingerprint density at radius 2 is 1.70 bits per heavy atom. The van der Waals surface area contributed by atoms with Gasteiger partial charge in [0.05, 0.1) is 15.5 Å². The van der Waals surface area contributed by atoms with Crippen LogP contribution in [0.4, 0.5) is 0 Å². The minimum Gasteiger partial charge on any atom is -0.454 e. The minimum atomic E-state index is -3.50. The molecule has 0 aliphatic carbocycles. The van der Waals surface area contributed by atoms with Crippen LogP contribution in [0.2, 0.25) is 5.02 Å². The summed E-state index contributed by atoms with van der Waals surface area (Å²) in [5.74, 6) is -1.16. The smallest absolute Gasteiger partial charge is 0.340 e. The van der Waals surface area contributed by atoms with Crippen molar-refractivity contribution in [1.82, 2.24) is 0 Å². The third-order valence-corrected chi connectivity index (χ3v) is 5.62. The Bertz CT molecular complexity index is 980. The lowest BCUT2D eigenvalue weighted by atomic mass is 9.98. The molecule has 0 fully saturated rings. The van der Waals surface area contributed by atoms with E-state index in [1.807, 2.05) is 32.0 Å². The molecule has 2 aromatic carbocycles. The molecule has 0 radical (unpaired) electrons. The summed E-state index contributed by atoms with van der Waals surface area (Å²) in [5.41, 5.74) is 2.34. The molecule has 0 saturated carbocycles. The number of hydrogen-bond acceptors (Lipinski definition) is 5. The van der Waals surface area contributed by atoms with Crippen LogP contribution in [-0.2, 0) is 27.4 Å². The molecule has 7 heteroatoms. The number of hydrogen-bond donors (Lipinski definition) is 0. The Hall–Kier alpha value is -2.18. The van der Waals surface area contributed by atoms with Crippen molar-refractivity contribution in [3.63, 3.8) is 0 Å². The molecule has 0 aliphatic heterocycles. The van der Waals surface area contributed by atoms with Crippen molar-refractivity contribution in [1.29, 1.82) is 0 Å². The average molecular weight is 409 g/mol. The molecule has 2 rings (SSSR count). The topological polar surface area (TPSA) is 77.5 Å². The molecule has 27 heavy (non-hydrogen) atoms. The summed E-state index contributed by atoms with van der Waals surface area (Å²) in [6.07, 6.45) is 2.50. The first-order chi connectivity index (χ1) is 12.7. The number of benzene rings is 2. The van der Waals surface area contributed by atoms with Crippen LogP contribution in [0, 0.1) is 0 Å². The van der Waals surface area contributed by atoms with Crippen LogP contribution >= 0.6 is 11.6 Å². The molecule has 5 nitrogen and oxygen atoms in total. The monoisotopic (exact) mass is 408 g/mol. The lowest BCUT2D eigenvalue weighted by molar-refractivity contribution is 0.0474. The minimum absolute atomic E-state index is 0.0471. The number of ketones is 1. The van der Waals surface area contributed by atoms with Crippen LogP contribution in [0.5, 0.6) is 0 Å². The van der Waals surface area contributed by atoms with E-state index in [2.05, 4.69) is 0 Å². The van der Waals surface area contributed by atoms with Crippen molar-refractivity contribution in [2.24, 2.45) is 0 Å². The fourth-order valence-corrected chi connectivity index (χ4v) is 3.43. The molecule has 0 amide bonds. The van der Waals surface area contributed by atoms with Gasteiger partial charge in [0.15, 0.2) is 16.4 Å². The largest absolute Gasteiger partial charge is 0.454 e. The summed E-state index contributed by atoms with van der Waals surface area (Å²) < 4.78 is 28.4. The number of sulfone groups is 1. The molecule has 2 aromatic rings. The van der Waals surface area contributed by atoms with E-state index in [9.17, 15) is 18.0 Å². The summed E-state index contributed by atoms with van der Waals surface area (Å²) in [7, 11) is -3.50. The van der Waals surface area contributed by atoms with Crippen molar-refractivity contribution in [2.75, 3.05) is 12.9 Å². The summed E-state index contributed by atoms with van der Waals surface area (Å²) in [6.45, 7) is 3.49. The molecule has 0 bridgehead atoms. The van der Waals surface area contributed by atoms with E-state index in [0.717, 1.165) is 29.9 Å². The maximum Gasteiger partial charge on any atom is 0.340 e. The van der Waals surface area contributed by atoms with E-state index >= 15 is 0 Å². The molecular formula is C20H21ClO5S. The summed E-state index contributed by atoms with van der Waals surface area (Å²) in [6, 6.07) is 9.46. The Kier molecular flexibility index (Phi) is 6.78. The third-order valence-electron chi connectivity index (χ3n) is 4.18. The highest BCUT2D eigenvalue weighted by Crippen LogP contribution is 2.22. The summed E-state index contributed by atoms with van der Waals surface area (Å²) in [4.78, 5) is 24.8. The molecule has 0 spiro atoms.